The fourth-order valence-corrected chi connectivity index (χ4v) is 2.04. The number of methoxy groups -OCH3 is 1. The molecule has 6 heteroatoms. The minimum absolute atomic E-state index is 0.126. The van der Waals surface area contributed by atoms with Crippen LogP contribution in [-0.2, 0) is 27.3 Å². The minimum atomic E-state index is -1.04. The summed E-state index contributed by atoms with van der Waals surface area (Å²) in [5.41, 5.74) is 7.32. The predicted molar refractivity (Wildman–Crippen MR) is 78.7 cm³/mol. The number of carbonyl (C=O) groups is 2. The second-order valence-electron chi connectivity index (χ2n) is 4.74. The van der Waals surface area contributed by atoms with E-state index in [1.165, 1.54) is 0 Å². The normalized spacial score (nSPS) is 11.9. The largest absolute Gasteiger partial charge is 0.480 e. The first-order chi connectivity index (χ1) is 10.1. The quantitative estimate of drug-likeness (QED) is 0.581. The van der Waals surface area contributed by atoms with Crippen molar-refractivity contribution in [1.82, 2.24) is 5.32 Å². The lowest BCUT2D eigenvalue weighted by Crippen LogP contribution is -2.41. The summed E-state index contributed by atoms with van der Waals surface area (Å²) in [6.45, 7) is 0.815. The van der Waals surface area contributed by atoms with Crippen LogP contribution < -0.4 is 11.1 Å². The van der Waals surface area contributed by atoms with Gasteiger partial charge in [0.05, 0.1) is 6.42 Å². The lowest BCUT2D eigenvalue weighted by atomic mass is 10.0. The second-order valence-corrected chi connectivity index (χ2v) is 4.74. The number of aliphatic carboxylic acids is 1. The van der Waals surface area contributed by atoms with Crippen molar-refractivity contribution in [2.75, 3.05) is 13.7 Å². The van der Waals surface area contributed by atoms with Crippen LogP contribution in [0.25, 0.3) is 0 Å². The highest BCUT2D eigenvalue weighted by molar-refractivity contribution is 5.85. The van der Waals surface area contributed by atoms with E-state index >= 15 is 0 Å². The molecule has 1 amide bonds. The first-order valence-electron chi connectivity index (χ1n) is 6.86. The van der Waals surface area contributed by atoms with Crippen molar-refractivity contribution in [2.24, 2.45) is 5.73 Å². The number of carbonyl (C=O) groups excluding carboxylic acids is 1. The molecule has 0 heterocycles. The maximum atomic E-state index is 12.0. The zero-order chi connectivity index (χ0) is 15.7. The molecular formula is C15H22N2O4. The van der Waals surface area contributed by atoms with E-state index in [1.54, 1.807) is 7.11 Å². The first-order valence-corrected chi connectivity index (χ1v) is 6.86. The van der Waals surface area contributed by atoms with Crippen molar-refractivity contribution < 1.29 is 19.4 Å². The van der Waals surface area contributed by atoms with Gasteiger partial charge in [-0.3, -0.25) is 4.79 Å². The zero-order valence-corrected chi connectivity index (χ0v) is 12.2. The molecule has 0 aliphatic heterocycles. The Morgan fingerprint density at radius 2 is 2.00 bits per heavy atom. The van der Waals surface area contributed by atoms with Gasteiger partial charge in [-0.2, -0.15) is 0 Å². The zero-order valence-electron chi connectivity index (χ0n) is 12.2. The molecule has 4 N–H and O–H groups in total. The molecule has 1 aromatic carbocycles. The Balaban J connectivity index is 2.59. The van der Waals surface area contributed by atoms with Gasteiger partial charge in [0.2, 0.25) is 5.91 Å². The van der Waals surface area contributed by atoms with Crippen molar-refractivity contribution in [3.63, 3.8) is 0 Å². The smallest absolute Gasteiger partial charge is 0.326 e. The van der Waals surface area contributed by atoms with Gasteiger partial charge in [0.1, 0.15) is 6.04 Å². The van der Waals surface area contributed by atoms with Crippen LogP contribution in [0.3, 0.4) is 0 Å². The van der Waals surface area contributed by atoms with Crippen LogP contribution in [0.1, 0.15) is 24.0 Å². The second kappa shape index (κ2) is 9.10. The van der Waals surface area contributed by atoms with E-state index in [0.29, 0.717) is 26.0 Å². The molecule has 1 atom stereocenters. The average Bonchev–Trinajstić information content (AvgIpc) is 2.46. The fraction of sp³-hybridized carbons (Fsp3) is 0.467. The standard InChI is InChI=1S/C15H22N2O4/c1-21-8-4-7-13(15(19)20)17-14(18)9-11-5-2-3-6-12(11)10-16/h2-3,5-6,13H,4,7-10,16H2,1H3,(H,17,18)(H,19,20). The number of hydrogen-bond donors (Lipinski definition) is 3. The minimum Gasteiger partial charge on any atom is -0.480 e. The van der Waals surface area contributed by atoms with E-state index in [2.05, 4.69) is 5.32 Å². The number of nitrogens with one attached hydrogen (secondary N) is 1. The molecule has 0 spiro atoms. The maximum Gasteiger partial charge on any atom is 0.326 e. The summed E-state index contributed by atoms with van der Waals surface area (Å²) in [5, 5.41) is 11.7. The molecule has 0 aliphatic carbocycles. The van der Waals surface area contributed by atoms with Crippen molar-refractivity contribution >= 4 is 11.9 Å². The Morgan fingerprint density at radius 1 is 1.33 bits per heavy atom. The van der Waals surface area contributed by atoms with E-state index in [0.717, 1.165) is 11.1 Å². The molecule has 1 rings (SSSR count). The molecule has 21 heavy (non-hydrogen) atoms. The third-order valence-corrected chi connectivity index (χ3v) is 3.16. The third kappa shape index (κ3) is 5.93. The number of amides is 1. The van der Waals surface area contributed by atoms with Gasteiger partial charge < -0.3 is 20.9 Å². The topological polar surface area (TPSA) is 102 Å². The molecule has 0 saturated carbocycles. The summed E-state index contributed by atoms with van der Waals surface area (Å²) >= 11 is 0. The van der Waals surface area contributed by atoms with Crippen molar-refractivity contribution in [1.29, 1.82) is 0 Å². The van der Waals surface area contributed by atoms with E-state index in [9.17, 15) is 9.59 Å². The Kier molecular flexibility index (Phi) is 7.42. The number of carboxylic acid groups (broad SMARTS) is 1. The summed E-state index contributed by atoms with van der Waals surface area (Å²) in [6, 6.07) is 6.47. The predicted octanol–water partition coefficient (Wildman–Crippen LogP) is 0.684. The summed E-state index contributed by atoms with van der Waals surface area (Å²) in [5.74, 6) is -1.35. The molecule has 6 nitrogen and oxygen atoms in total. The molecule has 116 valence electrons. The third-order valence-electron chi connectivity index (χ3n) is 3.16. The Morgan fingerprint density at radius 3 is 2.57 bits per heavy atom. The number of rotatable bonds is 9. The van der Waals surface area contributed by atoms with Crippen molar-refractivity contribution in [2.45, 2.75) is 31.8 Å². The molecule has 0 fully saturated rings. The number of nitrogens with two attached hydrogens (primary N) is 1. The summed E-state index contributed by atoms with van der Waals surface area (Å²) in [4.78, 5) is 23.1. The molecule has 0 bridgehead atoms. The van der Waals surface area contributed by atoms with Gasteiger partial charge in [-0.25, -0.2) is 4.79 Å². The van der Waals surface area contributed by atoms with Crippen LogP contribution in [0.4, 0.5) is 0 Å². The summed E-state index contributed by atoms with van der Waals surface area (Å²) < 4.78 is 4.88. The first kappa shape index (κ1) is 17.1. The SMILES string of the molecule is COCCCC(NC(=O)Cc1ccccc1CN)C(=O)O. The maximum absolute atomic E-state index is 12.0. The molecule has 1 aromatic rings. The van der Waals surface area contributed by atoms with Crippen LogP contribution in [0.5, 0.6) is 0 Å². The number of hydrogen-bond acceptors (Lipinski definition) is 4. The van der Waals surface area contributed by atoms with Gasteiger partial charge in [0.25, 0.3) is 0 Å². The summed E-state index contributed by atoms with van der Waals surface area (Å²) in [6.07, 6.45) is 1.04. The van der Waals surface area contributed by atoms with Gasteiger partial charge >= 0.3 is 5.97 Å². The molecule has 1 unspecified atom stereocenters. The molecular weight excluding hydrogens is 272 g/mol. The van der Waals surface area contributed by atoms with Crippen LogP contribution in [0, 0.1) is 0 Å². The van der Waals surface area contributed by atoms with Crippen LogP contribution in [-0.4, -0.2) is 36.7 Å². The van der Waals surface area contributed by atoms with E-state index < -0.39 is 12.0 Å². The van der Waals surface area contributed by atoms with E-state index in [-0.39, 0.29) is 12.3 Å². The van der Waals surface area contributed by atoms with Crippen molar-refractivity contribution in [3.05, 3.63) is 35.4 Å². The van der Waals surface area contributed by atoms with E-state index in [1.807, 2.05) is 24.3 Å². The Hall–Kier alpha value is -1.92. The Bertz CT molecular complexity index is 476. The fourth-order valence-electron chi connectivity index (χ4n) is 2.04. The Labute approximate surface area is 124 Å². The highest BCUT2D eigenvalue weighted by Crippen LogP contribution is 2.09. The van der Waals surface area contributed by atoms with Gasteiger partial charge in [0.15, 0.2) is 0 Å². The van der Waals surface area contributed by atoms with Gasteiger partial charge in [0, 0.05) is 20.3 Å². The monoisotopic (exact) mass is 294 g/mol. The van der Waals surface area contributed by atoms with E-state index in [4.69, 9.17) is 15.6 Å². The highest BCUT2D eigenvalue weighted by atomic mass is 16.5. The number of benzene rings is 1. The summed E-state index contributed by atoms with van der Waals surface area (Å²) in [7, 11) is 1.55. The number of ether oxygens (including phenoxy) is 1. The van der Waals surface area contributed by atoms with Crippen LogP contribution >= 0.6 is 0 Å². The number of carboxylic acids is 1. The van der Waals surface area contributed by atoms with Gasteiger partial charge in [-0.1, -0.05) is 24.3 Å². The molecule has 0 aliphatic rings. The average molecular weight is 294 g/mol. The highest BCUT2D eigenvalue weighted by Gasteiger charge is 2.19. The van der Waals surface area contributed by atoms with Crippen LogP contribution in [0.15, 0.2) is 24.3 Å². The lowest BCUT2D eigenvalue weighted by molar-refractivity contribution is -0.142. The van der Waals surface area contributed by atoms with Gasteiger partial charge in [-0.15, -0.1) is 0 Å². The van der Waals surface area contributed by atoms with Crippen LogP contribution in [0.2, 0.25) is 0 Å². The lowest BCUT2D eigenvalue weighted by Gasteiger charge is -2.15. The molecule has 0 saturated heterocycles. The molecule has 0 radical (unpaired) electrons. The molecule has 0 aromatic heterocycles. The van der Waals surface area contributed by atoms with Crippen molar-refractivity contribution in [3.8, 4) is 0 Å². The van der Waals surface area contributed by atoms with Gasteiger partial charge in [-0.05, 0) is 24.0 Å².